The summed E-state index contributed by atoms with van der Waals surface area (Å²) < 4.78 is 5.40. The molecule has 0 aliphatic rings. The molecule has 0 fully saturated rings. The third-order valence-electron chi connectivity index (χ3n) is 3.18. The average Bonchev–Trinajstić information content (AvgIpc) is 2.48. The summed E-state index contributed by atoms with van der Waals surface area (Å²) in [5.41, 5.74) is 0.926. The quantitative estimate of drug-likeness (QED) is 0.652. The summed E-state index contributed by atoms with van der Waals surface area (Å²) in [4.78, 5) is 22.8. The van der Waals surface area contributed by atoms with Crippen LogP contribution in [0.25, 0.3) is 0 Å². The van der Waals surface area contributed by atoms with E-state index in [1.165, 1.54) is 0 Å². The smallest absolute Gasteiger partial charge is 0.303 e. The maximum Gasteiger partial charge on any atom is 0.303 e. The van der Waals surface area contributed by atoms with Crippen molar-refractivity contribution >= 4 is 11.9 Å². The van der Waals surface area contributed by atoms with E-state index in [2.05, 4.69) is 5.32 Å². The molecule has 0 aliphatic carbocycles. The number of carboxylic acids is 1. The Kier molecular flexibility index (Phi) is 8.22. The summed E-state index contributed by atoms with van der Waals surface area (Å²) in [6.07, 6.45) is 1.60. The van der Waals surface area contributed by atoms with E-state index in [0.717, 1.165) is 5.56 Å². The number of carboxylic acid groups (broad SMARTS) is 1. The zero-order valence-corrected chi connectivity index (χ0v) is 13.2. The molecule has 1 unspecified atom stereocenters. The predicted molar refractivity (Wildman–Crippen MR) is 84.5 cm³/mol. The van der Waals surface area contributed by atoms with Crippen molar-refractivity contribution in [1.82, 2.24) is 5.32 Å². The third-order valence-corrected chi connectivity index (χ3v) is 3.18. The fourth-order valence-electron chi connectivity index (χ4n) is 2.09. The molecule has 122 valence electrons. The van der Waals surface area contributed by atoms with Crippen LogP contribution in [-0.2, 0) is 14.3 Å². The van der Waals surface area contributed by atoms with E-state index in [1.54, 1.807) is 0 Å². The molecule has 0 bridgehead atoms. The lowest BCUT2D eigenvalue weighted by Gasteiger charge is -2.18. The number of amides is 1. The van der Waals surface area contributed by atoms with Gasteiger partial charge in [-0.05, 0) is 32.3 Å². The highest BCUT2D eigenvalue weighted by Crippen LogP contribution is 2.18. The van der Waals surface area contributed by atoms with Crippen LogP contribution >= 0.6 is 0 Å². The maximum atomic E-state index is 12.0. The van der Waals surface area contributed by atoms with Crippen molar-refractivity contribution in [2.45, 2.75) is 51.7 Å². The summed E-state index contributed by atoms with van der Waals surface area (Å²) in [6, 6.07) is 9.18. The summed E-state index contributed by atoms with van der Waals surface area (Å²) in [6.45, 7) is 4.46. The molecule has 1 aromatic carbocycles. The molecular formula is C17H25NO4. The van der Waals surface area contributed by atoms with Crippen LogP contribution < -0.4 is 5.32 Å². The summed E-state index contributed by atoms with van der Waals surface area (Å²) in [7, 11) is 0. The Hall–Kier alpha value is -1.88. The van der Waals surface area contributed by atoms with Gasteiger partial charge >= 0.3 is 5.97 Å². The molecule has 1 aromatic rings. The first kappa shape index (κ1) is 18.2. The Bertz CT molecular complexity index is 459. The first-order valence-electron chi connectivity index (χ1n) is 7.66. The molecule has 0 saturated carbocycles. The monoisotopic (exact) mass is 307 g/mol. The van der Waals surface area contributed by atoms with Crippen molar-refractivity contribution in [3.63, 3.8) is 0 Å². The van der Waals surface area contributed by atoms with Gasteiger partial charge in [-0.2, -0.15) is 0 Å². The lowest BCUT2D eigenvalue weighted by atomic mass is 10.0. The van der Waals surface area contributed by atoms with E-state index in [1.807, 2.05) is 44.2 Å². The highest BCUT2D eigenvalue weighted by atomic mass is 16.5. The largest absolute Gasteiger partial charge is 0.481 e. The zero-order chi connectivity index (χ0) is 16.4. The Morgan fingerprint density at radius 2 is 1.86 bits per heavy atom. The topological polar surface area (TPSA) is 75.6 Å². The van der Waals surface area contributed by atoms with Gasteiger partial charge in [-0.3, -0.25) is 9.59 Å². The zero-order valence-electron chi connectivity index (χ0n) is 13.2. The van der Waals surface area contributed by atoms with Gasteiger partial charge in [0.1, 0.15) is 0 Å². The molecule has 0 spiro atoms. The Balaban J connectivity index is 2.49. The molecule has 22 heavy (non-hydrogen) atoms. The minimum atomic E-state index is -0.861. The Morgan fingerprint density at radius 1 is 1.18 bits per heavy atom. The number of hydrogen-bond donors (Lipinski definition) is 2. The fourth-order valence-corrected chi connectivity index (χ4v) is 2.09. The van der Waals surface area contributed by atoms with E-state index >= 15 is 0 Å². The van der Waals surface area contributed by atoms with Gasteiger partial charge in [0.15, 0.2) is 0 Å². The second kappa shape index (κ2) is 9.95. The molecule has 1 atom stereocenters. The lowest BCUT2D eigenvalue weighted by Crippen LogP contribution is -2.29. The molecule has 2 N–H and O–H groups in total. The first-order chi connectivity index (χ1) is 10.5. The Labute approximate surface area is 131 Å². The van der Waals surface area contributed by atoms with Crippen LogP contribution in [-0.4, -0.2) is 29.7 Å². The van der Waals surface area contributed by atoms with E-state index in [9.17, 15) is 9.59 Å². The average molecular weight is 307 g/mol. The van der Waals surface area contributed by atoms with Gasteiger partial charge in [0.2, 0.25) is 5.91 Å². The molecule has 0 radical (unpaired) electrons. The van der Waals surface area contributed by atoms with Gasteiger partial charge < -0.3 is 15.2 Å². The summed E-state index contributed by atoms with van der Waals surface area (Å²) >= 11 is 0. The summed E-state index contributed by atoms with van der Waals surface area (Å²) in [5, 5.41) is 11.8. The molecule has 0 aromatic heterocycles. The van der Waals surface area contributed by atoms with E-state index < -0.39 is 5.97 Å². The van der Waals surface area contributed by atoms with Crippen LogP contribution in [0.5, 0.6) is 0 Å². The number of rotatable bonds is 10. The number of carbonyl (C=O) groups excluding carboxylic acids is 1. The fraction of sp³-hybridized carbons (Fsp3) is 0.529. The van der Waals surface area contributed by atoms with E-state index in [4.69, 9.17) is 9.84 Å². The third kappa shape index (κ3) is 7.78. The van der Waals surface area contributed by atoms with Crippen molar-refractivity contribution in [2.24, 2.45) is 0 Å². The highest BCUT2D eigenvalue weighted by Gasteiger charge is 2.15. The van der Waals surface area contributed by atoms with Gasteiger partial charge in [0, 0.05) is 19.4 Å². The molecule has 5 heteroatoms. The standard InChI is InChI=1S/C17H25NO4/c1-13(2)22-12-6-9-16(19)18-15(10-11-17(20)21)14-7-4-3-5-8-14/h3-5,7-8,13,15H,6,9-12H2,1-2H3,(H,18,19)(H,20,21). The number of benzene rings is 1. The SMILES string of the molecule is CC(C)OCCCC(=O)NC(CCC(=O)O)c1ccccc1. The minimum Gasteiger partial charge on any atom is -0.481 e. The van der Waals surface area contributed by atoms with Gasteiger partial charge in [0.25, 0.3) is 0 Å². The van der Waals surface area contributed by atoms with Gasteiger partial charge in [0.05, 0.1) is 12.1 Å². The molecule has 5 nitrogen and oxygen atoms in total. The number of hydrogen-bond acceptors (Lipinski definition) is 3. The number of ether oxygens (including phenoxy) is 1. The van der Waals surface area contributed by atoms with Crippen LogP contribution in [0.1, 0.15) is 51.1 Å². The van der Waals surface area contributed by atoms with Crippen molar-refractivity contribution in [2.75, 3.05) is 6.61 Å². The van der Waals surface area contributed by atoms with Gasteiger partial charge in [-0.25, -0.2) is 0 Å². The number of nitrogens with one attached hydrogen (secondary N) is 1. The summed E-state index contributed by atoms with van der Waals surface area (Å²) in [5.74, 6) is -0.938. The first-order valence-corrected chi connectivity index (χ1v) is 7.66. The molecule has 1 rings (SSSR count). The van der Waals surface area contributed by atoms with Crippen LogP contribution in [0.4, 0.5) is 0 Å². The second-order valence-electron chi connectivity index (χ2n) is 5.49. The highest BCUT2D eigenvalue weighted by molar-refractivity contribution is 5.76. The van der Waals surface area contributed by atoms with Crippen LogP contribution in [0.2, 0.25) is 0 Å². The van der Waals surface area contributed by atoms with Crippen molar-refractivity contribution < 1.29 is 19.4 Å². The second-order valence-corrected chi connectivity index (χ2v) is 5.49. The normalized spacial score (nSPS) is 12.1. The lowest BCUT2D eigenvalue weighted by molar-refractivity contribution is -0.137. The van der Waals surface area contributed by atoms with Crippen LogP contribution in [0.3, 0.4) is 0 Å². The molecular weight excluding hydrogens is 282 g/mol. The van der Waals surface area contributed by atoms with E-state index in [0.29, 0.717) is 25.9 Å². The van der Waals surface area contributed by atoms with Crippen molar-refractivity contribution in [3.8, 4) is 0 Å². The van der Waals surface area contributed by atoms with Crippen LogP contribution in [0.15, 0.2) is 30.3 Å². The van der Waals surface area contributed by atoms with E-state index in [-0.39, 0.29) is 24.5 Å². The molecule has 0 aliphatic heterocycles. The number of carbonyl (C=O) groups is 2. The minimum absolute atomic E-state index is 0.0241. The van der Waals surface area contributed by atoms with Crippen LogP contribution in [0, 0.1) is 0 Å². The predicted octanol–water partition coefficient (Wildman–Crippen LogP) is 2.91. The molecule has 1 amide bonds. The number of aliphatic carboxylic acids is 1. The Morgan fingerprint density at radius 3 is 2.45 bits per heavy atom. The molecule has 0 heterocycles. The van der Waals surface area contributed by atoms with Crippen molar-refractivity contribution in [3.05, 3.63) is 35.9 Å². The van der Waals surface area contributed by atoms with Gasteiger partial charge in [-0.15, -0.1) is 0 Å². The van der Waals surface area contributed by atoms with Crippen molar-refractivity contribution in [1.29, 1.82) is 0 Å². The van der Waals surface area contributed by atoms with Gasteiger partial charge in [-0.1, -0.05) is 30.3 Å². The maximum absolute atomic E-state index is 12.0. The molecule has 0 saturated heterocycles.